The summed E-state index contributed by atoms with van der Waals surface area (Å²) in [6.45, 7) is 8.73. The molecule has 1 unspecified atom stereocenters. The topological polar surface area (TPSA) is 37.7 Å². The third kappa shape index (κ3) is 2.28. The Morgan fingerprint density at radius 1 is 1.13 bits per heavy atom. The highest BCUT2D eigenvalue weighted by molar-refractivity contribution is 6.01. The molecule has 0 N–H and O–H groups in total. The van der Waals surface area contributed by atoms with Crippen molar-refractivity contribution in [2.45, 2.75) is 45.3 Å². The van der Waals surface area contributed by atoms with Crippen molar-refractivity contribution in [3.63, 3.8) is 0 Å². The van der Waals surface area contributed by atoms with E-state index < -0.39 is 5.72 Å². The van der Waals surface area contributed by atoms with Gasteiger partial charge in [-0.1, -0.05) is 37.3 Å². The van der Waals surface area contributed by atoms with Crippen molar-refractivity contribution in [1.82, 2.24) is 4.98 Å². The van der Waals surface area contributed by atoms with Crippen molar-refractivity contribution in [2.24, 2.45) is 4.99 Å². The van der Waals surface area contributed by atoms with Crippen LogP contribution in [-0.4, -0.2) is 24.0 Å². The van der Waals surface area contributed by atoms with E-state index in [1.807, 2.05) is 18.5 Å². The van der Waals surface area contributed by atoms with Crippen molar-refractivity contribution >= 4 is 34.6 Å². The average Bonchev–Trinajstić information content (AvgIpc) is 2.93. The lowest BCUT2D eigenvalue weighted by atomic mass is 9.77. The van der Waals surface area contributed by atoms with Crippen LogP contribution in [0.1, 0.15) is 43.9 Å². The number of para-hydroxylation sites is 1. The van der Waals surface area contributed by atoms with Crippen molar-refractivity contribution < 1.29 is 4.74 Å². The molecular weight excluding hydrogens is 370 g/mol. The fourth-order valence-electron chi connectivity index (χ4n) is 4.98. The van der Waals surface area contributed by atoms with Crippen LogP contribution in [0.3, 0.4) is 0 Å². The quantitative estimate of drug-likeness (QED) is 0.518. The zero-order valence-electron chi connectivity index (χ0n) is 18.2. The molecule has 0 amide bonds. The number of hydrogen-bond acceptors (Lipinski definition) is 4. The summed E-state index contributed by atoms with van der Waals surface area (Å²) < 4.78 is 6.98. The number of aromatic nitrogens is 1. The molecule has 1 spiro atoms. The van der Waals surface area contributed by atoms with Gasteiger partial charge in [-0.15, -0.1) is 0 Å². The standard InChI is InChI=1S/C26H27N3O/c1-6-7-11-18-17(2)22-19(12-10-15-27-22)24-23(18)28-16-26(30-24)25(3,4)20-13-8-9-14-21(20)29(26)5/h7-16H,6H2,1-5H3/b11-7-. The van der Waals surface area contributed by atoms with Crippen LogP contribution in [0.4, 0.5) is 11.4 Å². The molecular formula is C26H27N3O. The number of rotatable bonds is 2. The lowest BCUT2D eigenvalue weighted by Gasteiger charge is -2.45. The molecule has 2 aromatic carbocycles. The number of hydrogen-bond donors (Lipinski definition) is 0. The van der Waals surface area contributed by atoms with Gasteiger partial charge in [0, 0.05) is 29.9 Å². The van der Waals surface area contributed by atoms with Gasteiger partial charge in [0.05, 0.1) is 17.1 Å². The van der Waals surface area contributed by atoms with Crippen LogP contribution in [0.15, 0.2) is 53.7 Å². The molecule has 0 saturated carbocycles. The molecule has 0 saturated heterocycles. The normalized spacial score (nSPS) is 21.3. The highest BCUT2D eigenvalue weighted by atomic mass is 16.5. The van der Waals surface area contributed by atoms with Crippen molar-refractivity contribution in [2.75, 3.05) is 11.9 Å². The van der Waals surface area contributed by atoms with E-state index in [0.717, 1.165) is 39.9 Å². The van der Waals surface area contributed by atoms with E-state index >= 15 is 0 Å². The summed E-state index contributed by atoms with van der Waals surface area (Å²) in [4.78, 5) is 12.0. The first-order chi connectivity index (χ1) is 14.4. The molecule has 152 valence electrons. The Hall–Kier alpha value is -3.14. The molecule has 0 bridgehead atoms. The summed E-state index contributed by atoms with van der Waals surface area (Å²) in [5.74, 6) is 0.815. The van der Waals surface area contributed by atoms with Crippen molar-refractivity contribution in [3.05, 3.63) is 65.4 Å². The molecule has 0 fully saturated rings. The Balaban J connectivity index is 1.79. The minimum absolute atomic E-state index is 0.279. The highest BCUT2D eigenvalue weighted by Crippen LogP contribution is 2.55. The van der Waals surface area contributed by atoms with Crippen LogP contribution >= 0.6 is 0 Å². The number of benzene rings is 2. The lowest BCUT2D eigenvalue weighted by Crippen LogP contribution is -2.61. The first-order valence-electron chi connectivity index (χ1n) is 10.6. The Kier molecular flexibility index (Phi) is 4.04. The smallest absolute Gasteiger partial charge is 0.228 e. The first kappa shape index (κ1) is 18.9. The number of allylic oxidation sites excluding steroid dienone is 1. The number of pyridine rings is 1. The van der Waals surface area contributed by atoms with Gasteiger partial charge < -0.3 is 9.64 Å². The van der Waals surface area contributed by atoms with E-state index in [2.05, 4.69) is 87.1 Å². The van der Waals surface area contributed by atoms with Gasteiger partial charge in [0.1, 0.15) is 5.69 Å². The minimum atomic E-state index is -0.701. The van der Waals surface area contributed by atoms with E-state index in [1.165, 1.54) is 11.3 Å². The Bertz CT molecular complexity index is 1220. The van der Waals surface area contributed by atoms with Crippen molar-refractivity contribution in [1.29, 1.82) is 0 Å². The molecule has 0 aliphatic carbocycles. The minimum Gasteiger partial charge on any atom is -0.459 e. The zero-order valence-corrected chi connectivity index (χ0v) is 18.2. The van der Waals surface area contributed by atoms with Crippen LogP contribution < -0.4 is 9.64 Å². The molecule has 2 aliphatic heterocycles. The van der Waals surface area contributed by atoms with E-state index in [0.29, 0.717) is 0 Å². The summed E-state index contributed by atoms with van der Waals surface area (Å²) in [5.41, 5.74) is 5.54. The number of fused-ring (bicyclic) bond motifs is 4. The molecule has 3 heterocycles. The molecule has 3 aromatic rings. The number of nitrogens with zero attached hydrogens (tertiary/aromatic N) is 3. The Morgan fingerprint density at radius 3 is 2.70 bits per heavy atom. The van der Waals surface area contributed by atoms with Gasteiger partial charge in [-0.25, -0.2) is 0 Å². The summed E-state index contributed by atoms with van der Waals surface area (Å²) in [6, 6.07) is 12.6. The van der Waals surface area contributed by atoms with Crippen LogP contribution in [-0.2, 0) is 5.41 Å². The fraction of sp³-hybridized carbons (Fsp3) is 0.308. The Morgan fingerprint density at radius 2 is 1.93 bits per heavy atom. The maximum Gasteiger partial charge on any atom is 0.228 e. The summed E-state index contributed by atoms with van der Waals surface area (Å²) >= 11 is 0. The summed E-state index contributed by atoms with van der Waals surface area (Å²) in [6.07, 6.45) is 9.13. The molecule has 30 heavy (non-hydrogen) atoms. The van der Waals surface area contributed by atoms with Crippen LogP contribution in [0.5, 0.6) is 5.75 Å². The van der Waals surface area contributed by atoms with Gasteiger partial charge in [0.25, 0.3) is 0 Å². The number of ether oxygens (including phenoxy) is 1. The second-order valence-corrected chi connectivity index (χ2v) is 8.68. The second-order valence-electron chi connectivity index (χ2n) is 8.68. The molecule has 2 aliphatic rings. The van der Waals surface area contributed by atoms with Gasteiger partial charge in [0.15, 0.2) is 5.75 Å². The van der Waals surface area contributed by atoms with Gasteiger partial charge in [0.2, 0.25) is 5.72 Å². The predicted molar refractivity (Wildman–Crippen MR) is 125 cm³/mol. The largest absolute Gasteiger partial charge is 0.459 e. The number of aryl methyl sites for hydroxylation is 1. The third-order valence-corrected chi connectivity index (χ3v) is 6.76. The van der Waals surface area contributed by atoms with E-state index in [-0.39, 0.29) is 5.41 Å². The zero-order chi connectivity index (χ0) is 21.1. The number of anilines is 1. The highest BCUT2D eigenvalue weighted by Gasteiger charge is 2.58. The third-order valence-electron chi connectivity index (χ3n) is 6.76. The van der Waals surface area contributed by atoms with Crippen molar-refractivity contribution in [3.8, 4) is 5.75 Å². The van der Waals surface area contributed by atoms with Gasteiger partial charge in [-0.05, 0) is 56.5 Å². The predicted octanol–water partition coefficient (Wildman–Crippen LogP) is 6.19. The fourth-order valence-corrected chi connectivity index (χ4v) is 4.98. The number of aliphatic imine (C=N–C) groups is 1. The summed E-state index contributed by atoms with van der Waals surface area (Å²) in [5, 5.41) is 1.01. The molecule has 1 aromatic heterocycles. The van der Waals surface area contributed by atoms with Crippen LogP contribution in [0.25, 0.3) is 17.0 Å². The monoisotopic (exact) mass is 397 g/mol. The molecule has 4 nitrogen and oxygen atoms in total. The average molecular weight is 398 g/mol. The SMILES string of the molecule is CC/C=C\c1c2c(c3cccnc3c1C)OC1(C=N2)N(C)c2ccccc2C1(C)C. The maximum atomic E-state index is 6.98. The summed E-state index contributed by atoms with van der Waals surface area (Å²) in [7, 11) is 2.09. The Labute approximate surface area is 177 Å². The molecule has 4 heteroatoms. The second kappa shape index (κ2) is 6.43. The van der Waals surface area contributed by atoms with Crippen LogP contribution in [0, 0.1) is 6.92 Å². The van der Waals surface area contributed by atoms with Gasteiger partial charge >= 0.3 is 0 Å². The van der Waals surface area contributed by atoms with Gasteiger partial charge in [-0.3, -0.25) is 9.98 Å². The lowest BCUT2D eigenvalue weighted by molar-refractivity contribution is 0.0842. The molecule has 1 atom stereocenters. The molecule has 0 radical (unpaired) electrons. The van der Waals surface area contributed by atoms with Crippen LogP contribution in [0.2, 0.25) is 0 Å². The molecule has 5 rings (SSSR count). The van der Waals surface area contributed by atoms with E-state index in [4.69, 9.17) is 9.73 Å². The van der Waals surface area contributed by atoms with Gasteiger partial charge in [-0.2, -0.15) is 0 Å². The van der Waals surface area contributed by atoms with E-state index in [9.17, 15) is 0 Å². The first-order valence-corrected chi connectivity index (χ1v) is 10.6. The van der Waals surface area contributed by atoms with E-state index in [1.54, 1.807) is 0 Å². The maximum absolute atomic E-state index is 6.98. The number of likely N-dealkylation sites (N-methyl/N-ethyl adjacent to an activating group) is 1.